The molecule has 1 atom stereocenters. The van der Waals surface area contributed by atoms with Crippen molar-refractivity contribution in [2.45, 2.75) is 12.3 Å². The molecule has 4 rings (SSSR count). The van der Waals surface area contributed by atoms with Crippen LogP contribution in [0.4, 0.5) is 0 Å². The fourth-order valence-electron chi connectivity index (χ4n) is 2.31. The van der Waals surface area contributed by atoms with Crippen molar-refractivity contribution in [2.75, 3.05) is 13.2 Å². The molecule has 1 saturated heterocycles. The Labute approximate surface area is 130 Å². The van der Waals surface area contributed by atoms with E-state index in [1.165, 1.54) is 11.3 Å². The lowest BCUT2D eigenvalue weighted by molar-refractivity contribution is 0.192. The molecule has 1 aliphatic heterocycles. The molecule has 0 spiro atoms. The van der Waals surface area contributed by atoms with E-state index in [4.69, 9.17) is 14.0 Å². The molecule has 3 heterocycles. The van der Waals surface area contributed by atoms with Crippen molar-refractivity contribution >= 4 is 11.3 Å². The maximum Gasteiger partial charge on any atom is 0.278 e. The molecule has 1 aliphatic rings. The molecular weight excluding hydrogens is 302 g/mol. The van der Waals surface area contributed by atoms with Gasteiger partial charge in [0.15, 0.2) is 5.82 Å². The Balaban J connectivity index is 1.57. The van der Waals surface area contributed by atoms with Crippen molar-refractivity contribution in [3.8, 4) is 22.4 Å². The number of nitrogens with zero attached hydrogens (tertiary/aromatic N) is 3. The summed E-state index contributed by atoms with van der Waals surface area (Å²) in [5.41, 5.74) is 0.826. The summed E-state index contributed by atoms with van der Waals surface area (Å²) in [5, 5.41) is 6.53. The number of benzene rings is 1. The highest BCUT2D eigenvalue weighted by Gasteiger charge is 2.23. The summed E-state index contributed by atoms with van der Waals surface area (Å²) >= 11 is 1.44. The second-order valence-corrected chi connectivity index (χ2v) is 5.80. The van der Waals surface area contributed by atoms with E-state index in [1.54, 1.807) is 6.20 Å². The minimum absolute atomic E-state index is 0.229. The Bertz CT molecular complexity index is 751. The van der Waals surface area contributed by atoms with Crippen LogP contribution in [0.2, 0.25) is 0 Å². The van der Waals surface area contributed by atoms with Gasteiger partial charge in [0.05, 0.1) is 6.61 Å². The molecule has 6 nitrogen and oxygen atoms in total. The maximum atomic E-state index is 5.68. The monoisotopic (exact) mass is 315 g/mol. The summed E-state index contributed by atoms with van der Waals surface area (Å²) in [6, 6.07) is 7.54. The zero-order valence-electron chi connectivity index (χ0n) is 11.6. The fourth-order valence-corrected chi connectivity index (χ4v) is 2.81. The van der Waals surface area contributed by atoms with Gasteiger partial charge < -0.3 is 14.0 Å². The molecule has 0 amide bonds. The third kappa shape index (κ3) is 2.72. The Morgan fingerprint density at radius 3 is 3.14 bits per heavy atom. The number of aromatic nitrogens is 3. The summed E-state index contributed by atoms with van der Waals surface area (Å²) < 4.78 is 16.4. The summed E-state index contributed by atoms with van der Waals surface area (Å²) in [4.78, 5) is 8.58. The van der Waals surface area contributed by atoms with E-state index in [0.29, 0.717) is 29.3 Å². The van der Waals surface area contributed by atoms with Gasteiger partial charge in [-0.1, -0.05) is 22.6 Å². The summed E-state index contributed by atoms with van der Waals surface area (Å²) in [7, 11) is 0. The largest absolute Gasteiger partial charge is 0.431 e. The fraction of sp³-hybridized carbons (Fsp3) is 0.267. The van der Waals surface area contributed by atoms with Crippen LogP contribution >= 0.6 is 11.3 Å². The van der Waals surface area contributed by atoms with Gasteiger partial charge >= 0.3 is 0 Å². The molecule has 0 aliphatic carbocycles. The molecule has 0 radical (unpaired) electrons. The van der Waals surface area contributed by atoms with Gasteiger partial charge in [-0.3, -0.25) is 0 Å². The van der Waals surface area contributed by atoms with Crippen molar-refractivity contribution in [1.82, 2.24) is 15.1 Å². The van der Waals surface area contributed by atoms with E-state index in [9.17, 15) is 0 Å². The second-order valence-electron chi connectivity index (χ2n) is 4.95. The van der Waals surface area contributed by atoms with Crippen molar-refractivity contribution in [2.24, 2.45) is 0 Å². The highest BCUT2D eigenvalue weighted by Crippen LogP contribution is 2.29. The van der Waals surface area contributed by atoms with Crippen LogP contribution in [0.1, 0.15) is 18.2 Å². The highest BCUT2D eigenvalue weighted by atomic mass is 32.1. The minimum Gasteiger partial charge on any atom is -0.431 e. The van der Waals surface area contributed by atoms with Crippen LogP contribution in [0.25, 0.3) is 11.5 Å². The van der Waals surface area contributed by atoms with Gasteiger partial charge in [-0.25, -0.2) is 4.98 Å². The lowest BCUT2D eigenvalue weighted by Crippen LogP contribution is -1.99. The zero-order chi connectivity index (χ0) is 14.8. The summed E-state index contributed by atoms with van der Waals surface area (Å²) in [5.74, 6) is 2.12. The van der Waals surface area contributed by atoms with E-state index in [2.05, 4.69) is 15.1 Å². The van der Waals surface area contributed by atoms with Crippen LogP contribution in [0.5, 0.6) is 10.9 Å². The van der Waals surface area contributed by atoms with Crippen molar-refractivity contribution in [1.29, 1.82) is 0 Å². The van der Waals surface area contributed by atoms with Crippen LogP contribution in [0, 0.1) is 0 Å². The standard InChI is InChI=1S/C15H13N3O3S/c1-2-10(8-12(3-1)20-15-16-5-7-22-15)14-17-13(18-21-14)11-4-6-19-9-11/h1-3,5,7-8,11H,4,6,9H2. The van der Waals surface area contributed by atoms with Crippen LogP contribution in [-0.2, 0) is 4.74 Å². The summed E-state index contributed by atoms with van der Waals surface area (Å²) in [6.45, 7) is 1.41. The molecule has 0 bridgehead atoms. The van der Waals surface area contributed by atoms with Gasteiger partial charge in [0.25, 0.3) is 11.1 Å². The number of hydrogen-bond donors (Lipinski definition) is 0. The minimum atomic E-state index is 0.229. The van der Waals surface area contributed by atoms with Gasteiger partial charge in [-0.2, -0.15) is 4.98 Å². The van der Waals surface area contributed by atoms with Crippen LogP contribution < -0.4 is 4.74 Å². The van der Waals surface area contributed by atoms with Gasteiger partial charge in [-0.05, 0) is 24.6 Å². The summed E-state index contributed by atoms with van der Waals surface area (Å²) in [6.07, 6.45) is 2.64. The first-order chi connectivity index (χ1) is 10.9. The first-order valence-corrected chi connectivity index (χ1v) is 7.85. The molecule has 1 unspecified atom stereocenters. The number of rotatable bonds is 4. The first kappa shape index (κ1) is 13.4. The maximum absolute atomic E-state index is 5.68. The Morgan fingerprint density at radius 1 is 1.32 bits per heavy atom. The number of hydrogen-bond acceptors (Lipinski definition) is 7. The normalized spacial score (nSPS) is 17.7. The predicted octanol–water partition coefficient (Wildman–Crippen LogP) is 3.49. The molecule has 7 heteroatoms. The lowest BCUT2D eigenvalue weighted by Gasteiger charge is -2.02. The van der Waals surface area contributed by atoms with E-state index in [-0.39, 0.29) is 5.92 Å². The van der Waals surface area contributed by atoms with Gasteiger partial charge in [0.2, 0.25) is 0 Å². The zero-order valence-corrected chi connectivity index (χ0v) is 12.5. The molecule has 1 fully saturated rings. The third-order valence-electron chi connectivity index (χ3n) is 3.43. The first-order valence-electron chi connectivity index (χ1n) is 6.97. The quantitative estimate of drug-likeness (QED) is 0.734. The van der Waals surface area contributed by atoms with Crippen molar-refractivity contribution in [3.05, 3.63) is 41.7 Å². The topological polar surface area (TPSA) is 70.3 Å². The Morgan fingerprint density at radius 2 is 2.32 bits per heavy atom. The van der Waals surface area contributed by atoms with Crippen LogP contribution in [0.15, 0.2) is 40.4 Å². The Hall–Kier alpha value is -2.25. The Kier molecular flexibility index (Phi) is 3.57. The SMILES string of the molecule is c1cc(Oc2nccs2)cc(-c2nc(C3CCOC3)no2)c1. The van der Waals surface area contributed by atoms with E-state index in [1.807, 2.05) is 29.6 Å². The van der Waals surface area contributed by atoms with Crippen molar-refractivity contribution in [3.63, 3.8) is 0 Å². The molecule has 112 valence electrons. The van der Waals surface area contributed by atoms with Gasteiger partial charge in [-0.15, -0.1) is 0 Å². The second kappa shape index (κ2) is 5.86. The van der Waals surface area contributed by atoms with Gasteiger partial charge in [0, 0.05) is 29.7 Å². The van der Waals surface area contributed by atoms with Crippen LogP contribution in [0.3, 0.4) is 0 Å². The molecule has 3 aromatic rings. The van der Waals surface area contributed by atoms with E-state index >= 15 is 0 Å². The van der Waals surface area contributed by atoms with E-state index in [0.717, 1.165) is 18.6 Å². The predicted molar refractivity (Wildman–Crippen MR) is 80.1 cm³/mol. The lowest BCUT2D eigenvalue weighted by atomic mass is 10.1. The smallest absolute Gasteiger partial charge is 0.278 e. The van der Waals surface area contributed by atoms with Crippen LogP contribution in [-0.4, -0.2) is 28.3 Å². The molecule has 0 saturated carbocycles. The average molecular weight is 315 g/mol. The third-order valence-corrected chi connectivity index (χ3v) is 4.08. The van der Waals surface area contributed by atoms with E-state index < -0.39 is 0 Å². The average Bonchev–Trinajstić information content (AvgIpc) is 3.29. The number of thiazole rings is 1. The van der Waals surface area contributed by atoms with Gasteiger partial charge in [0.1, 0.15) is 5.75 Å². The number of ether oxygens (including phenoxy) is 2. The highest BCUT2D eigenvalue weighted by molar-refractivity contribution is 7.11. The molecule has 0 N–H and O–H groups in total. The van der Waals surface area contributed by atoms with Crippen molar-refractivity contribution < 1.29 is 14.0 Å². The molecule has 1 aromatic carbocycles. The molecular formula is C15H13N3O3S. The molecule has 2 aromatic heterocycles. The molecule has 22 heavy (non-hydrogen) atoms.